The molecule has 0 saturated heterocycles. The Morgan fingerprint density at radius 1 is 1.22 bits per heavy atom. The third-order valence-corrected chi connectivity index (χ3v) is 3.57. The highest BCUT2D eigenvalue weighted by molar-refractivity contribution is 5.83. The van der Waals surface area contributed by atoms with Crippen LogP contribution in [0.3, 0.4) is 0 Å². The van der Waals surface area contributed by atoms with Gasteiger partial charge in [-0.1, -0.05) is 52.8 Å². The first-order valence-corrected chi connectivity index (χ1v) is 6.79. The van der Waals surface area contributed by atoms with Gasteiger partial charge >= 0.3 is 0 Å². The normalized spacial score (nSPS) is 19.9. The molecule has 0 unspecified atom stereocenters. The summed E-state index contributed by atoms with van der Waals surface area (Å²) in [6, 6.07) is 9.09. The summed E-state index contributed by atoms with van der Waals surface area (Å²) in [4.78, 5) is 6.91. The predicted octanol–water partition coefficient (Wildman–Crippen LogP) is 3.86. The maximum atomic E-state index is 4.62. The lowest BCUT2D eigenvalue weighted by Gasteiger charge is -2.27. The van der Waals surface area contributed by atoms with Crippen LogP contribution in [0.4, 0.5) is 5.69 Å². The minimum Gasteiger partial charge on any atom is -0.330 e. The van der Waals surface area contributed by atoms with Gasteiger partial charge in [-0.3, -0.25) is 4.99 Å². The maximum Gasteiger partial charge on any atom is 0.0899 e. The molecule has 0 saturated carbocycles. The SMILES string of the molecule is CC(C)[C@H]1CN(c2ccccc2C(C)(C)C)C=N1. The van der Waals surface area contributed by atoms with Crippen LogP contribution in [0.1, 0.15) is 40.2 Å². The van der Waals surface area contributed by atoms with Gasteiger partial charge in [0.2, 0.25) is 0 Å². The molecule has 0 bridgehead atoms. The molecule has 2 rings (SSSR count). The molecule has 0 amide bonds. The number of rotatable bonds is 2. The van der Waals surface area contributed by atoms with Gasteiger partial charge in [-0.25, -0.2) is 0 Å². The third kappa shape index (κ3) is 2.58. The summed E-state index contributed by atoms with van der Waals surface area (Å²) in [6.07, 6.45) is 2.01. The molecule has 0 N–H and O–H groups in total. The summed E-state index contributed by atoms with van der Waals surface area (Å²) in [7, 11) is 0. The fourth-order valence-electron chi connectivity index (χ4n) is 2.36. The van der Waals surface area contributed by atoms with E-state index in [1.54, 1.807) is 0 Å². The standard InChI is InChI=1S/C16H24N2/c1-12(2)14-10-18(11-17-14)15-9-7-6-8-13(15)16(3,4)5/h6-9,11-12,14H,10H2,1-5H3/t14-/m1/s1. The number of hydrogen-bond acceptors (Lipinski definition) is 2. The smallest absolute Gasteiger partial charge is 0.0899 e. The second-order valence-electron chi connectivity index (χ2n) is 6.50. The number of aliphatic imine (C=N–C) groups is 1. The minimum absolute atomic E-state index is 0.167. The topological polar surface area (TPSA) is 15.6 Å². The maximum absolute atomic E-state index is 4.62. The van der Waals surface area contributed by atoms with E-state index in [4.69, 9.17) is 0 Å². The van der Waals surface area contributed by atoms with Gasteiger partial charge in [0.05, 0.1) is 12.4 Å². The molecule has 1 aliphatic heterocycles. The van der Waals surface area contributed by atoms with Crippen LogP contribution in [-0.4, -0.2) is 18.9 Å². The molecule has 1 aliphatic rings. The van der Waals surface area contributed by atoms with E-state index in [1.165, 1.54) is 11.3 Å². The molecule has 1 atom stereocenters. The zero-order valence-electron chi connectivity index (χ0n) is 12.1. The van der Waals surface area contributed by atoms with Gasteiger partial charge in [-0.2, -0.15) is 0 Å². The van der Waals surface area contributed by atoms with Crippen molar-refractivity contribution in [2.45, 2.75) is 46.1 Å². The Morgan fingerprint density at radius 2 is 1.89 bits per heavy atom. The van der Waals surface area contributed by atoms with Gasteiger partial charge in [-0.15, -0.1) is 0 Å². The molecule has 2 heteroatoms. The van der Waals surface area contributed by atoms with Crippen molar-refractivity contribution in [1.82, 2.24) is 0 Å². The first-order chi connectivity index (χ1) is 8.39. The summed E-state index contributed by atoms with van der Waals surface area (Å²) in [6.45, 7) is 12.3. The lowest BCUT2D eigenvalue weighted by atomic mass is 9.85. The summed E-state index contributed by atoms with van der Waals surface area (Å²) in [5.74, 6) is 0.605. The van der Waals surface area contributed by atoms with Crippen LogP contribution in [0, 0.1) is 5.92 Å². The van der Waals surface area contributed by atoms with Crippen molar-refractivity contribution in [1.29, 1.82) is 0 Å². The highest BCUT2D eigenvalue weighted by atomic mass is 15.2. The van der Waals surface area contributed by atoms with E-state index >= 15 is 0 Å². The lowest BCUT2D eigenvalue weighted by molar-refractivity contribution is 0.520. The van der Waals surface area contributed by atoms with E-state index in [-0.39, 0.29) is 5.41 Å². The molecule has 98 valence electrons. The third-order valence-electron chi connectivity index (χ3n) is 3.57. The van der Waals surface area contributed by atoms with Crippen molar-refractivity contribution in [2.75, 3.05) is 11.4 Å². The van der Waals surface area contributed by atoms with E-state index in [9.17, 15) is 0 Å². The second kappa shape index (κ2) is 4.75. The highest BCUT2D eigenvalue weighted by Gasteiger charge is 2.25. The van der Waals surface area contributed by atoms with Gasteiger partial charge in [0.1, 0.15) is 0 Å². The Kier molecular flexibility index (Phi) is 3.47. The number of anilines is 1. The highest BCUT2D eigenvalue weighted by Crippen LogP contribution is 2.32. The Balaban J connectivity index is 2.29. The van der Waals surface area contributed by atoms with Crippen molar-refractivity contribution in [3.05, 3.63) is 29.8 Å². The van der Waals surface area contributed by atoms with Gasteiger partial charge < -0.3 is 4.90 Å². The molecule has 0 aliphatic carbocycles. The van der Waals surface area contributed by atoms with Crippen molar-refractivity contribution >= 4 is 12.0 Å². The molecular formula is C16H24N2. The average molecular weight is 244 g/mol. The molecular weight excluding hydrogens is 220 g/mol. The number of nitrogens with zero attached hydrogens (tertiary/aromatic N) is 2. The van der Waals surface area contributed by atoms with Crippen LogP contribution < -0.4 is 4.90 Å². The molecule has 2 nitrogen and oxygen atoms in total. The van der Waals surface area contributed by atoms with Crippen molar-refractivity contribution < 1.29 is 0 Å². The van der Waals surface area contributed by atoms with Gasteiger partial charge in [0.15, 0.2) is 0 Å². The van der Waals surface area contributed by atoms with E-state index < -0.39 is 0 Å². The summed E-state index contributed by atoms with van der Waals surface area (Å²) >= 11 is 0. The molecule has 0 spiro atoms. The minimum atomic E-state index is 0.167. The second-order valence-corrected chi connectivity index (χ2v) is 6.50. The van der Waals surface area contributed by atoms with E-state index in [2.05, 4.69) is 68.8 Å². The Morgan fingerprint density at radius 3 is 2.44 bits per heavy atom. The molecule has 1 aromatic rings. The Labute approximate surface area is 111 Å². The van der Waals surface area contributed by atoms with Crippen LogP contribution in [0.5, 0.6) is 0 Å². The van der Waals surface area contributed by atoms with Crippen LogP contribution in [-0.2, 0) is 5.41 Å². The molecule has 1 aromatic carbocycles. The van der Waals surface area contributed by atoms with Crippen molar-refractivity contribution in [3.8, 4) is 0 Å². The van der Waals surface area contributed by atoms with Gasteiger partial charge in [-0.05, 0) is 23.0 Å². The van der Waals surface area contributed by atoms with Crippen LogP contribution >= 0.6 is 0 Å². The molecule has 0 fully saturated rings. The van der Waals surface area contributed by atoms with Crippen LogP contribution in [0.25, 0.3) is 0 Å². The monoisotopic (exact) mass is 244 g/mol. The molecule has 0 radical (unpaired) electrons. The Hall–Kier alpha value is -1.31. The first-order valence-electron chi connectivity index (χ1n) is 6.79. The van der Waals surface area contributed by atoms with Gasteiger partial charge in [0, 0.05) is 12.2 Å². The first kappa shape index (κ1) is 13.1. The largest absolute Gasteiger partial charge is 0.330 e. The molecule has 18 heavy (non-hydrogen) atoms. The summed E-state index contributed by atoms with van der Waals surface area (Å²) in [5.41, 5.74) is 2.86. The number of benzene rings is 1. The number of para-hydroxylation sites is 1. The van der Waals surface area contributed by atoms with Crippen molar-refractivity contribution in [2.24, 2.45) is 10.9 Å². The quantitative estimate of drug-likeness (QED) is 0.771. The summed E-state index contributed by atoms with van der Waals surface area (Å²) in [5, 5.41) is 0. The zero-order valence-corrected chi connectivity index (χ0v) is 12.1. The van der Waals surface area contributed by atoms with E-state index in [1.807, 2.05) is 6.34 Å². The van der Waals surface area contributed by atoms with Crippen molar-refractivity contribution in [3.63, 3.8) is 0 Å². The van der Waals surface area contributed by atoms with Crippen LogP contribution in [0.15, 0.2) is 29.3 Å². The van der Waals surface area contributed by atoms with Crippen LogP contribution in [0.2, 0.25) is 0 Å². The van der Waals surface area contributed by atoms with Gasteiger partial charge in [0.25, 0.3) is 0 Å². The fraction of sp³-hybridized carbons (Fsp3) is 0.562. The predicted molar refractivity (Wildman–Crippen MR) is 79.6 cm³/mol. The fourth-order valence-corrected chi connectivity index (χ4v) is 2.36. The van der Waals surface area contributed by atoms with E-state index in [0.717, 1.165) is 6.54 Å². The summed E-state index contributed by atoms with van der Waals surface area (Å²) < 4.78 is 0. The lowest BCUT2D eigenvalue weighted by Crippen LogP contribution is -2.28. The average Bonchev–Trinajstić information content (AvgIpc) is 2.77. The molecule has 1 heterocycles. The zero-order chi connectivity index (χ0) is 13.3. The van der Waals surface area contributed by atoms with E-state index in [0.29, 0.717) is 12.0 Å². The Bertz CT molecular complexity index is 441. The number of hydrogen-bond donors (Lipinski definition) is 0. The molecule has 0 aromatic heterocycles.